The number of rotatable bonds is 4. The molecule has 1 aromatic heterocycles. The van der Waals surface area contributed by atoms with Gasteiger partial charge in [-0.1, -0.05) is 5.21 Å². The van der Waals surface area contributed by atoms with Gasteiger partial charge >= 0.3 is 6.18 Å². The molecule has 23 heavy (non-hydrogen) atoms. The fraction of sp³-hybridized carbons (Fsp3) is 0.167. The Labute approximate surface area is 141 Å². The number of nitrogens with one attached hydrogen (secondary N) is 1. The van der Waals surface area contributed by atoms with Crippen molar-refractivity contribution in [1.29, 1.82) is 0 Å². The van der Waals surface area contributed by atoms with Gasteiger partial charge in [-0.15, -0.1) is 5.10 Å². The summed E-state index contributed by atoms with van der Waals surface area (Å²) in [6, 6.07) is 4.21. The summed E-state index contributed by atoms with van der Waals surface area (Å²) in [4.78, 5) is 22.7. The van der Waals surface area contributed by atoms with Gasteiger partial charge in [-0.25, -0.2) is 4.68 Å². The highest BCUT2D eigenvalue weighted by Crippen LogP contribution is 2.19. The van der Waals surface area contributed by atoms with Crippen LogP contribution in [-0.2, 0) is 0 Å². The number of benzene rings is 1. The third kappa shape index (κ3) is 4.40. The normalized spacial score (nSPS) is 11.3. The summed E-state index contributed by atoms with van der Waals surface area (Å²) in [5.74, 6) is -1.59. The van der Waals surface area contributed by atoms with E-state index in [-0.39, 0.29) is 11.3 Å². The van der Waals surface area contributed by atoms with Crippen molar-refractivity contribution in [2.45, 2.75) is 6.18 Å². The van der Waals surface area contributed by atoms with Crippen molar-refractivity contribution in [3.63, 3.8) is 0 Å². The molecule has 0 unspecified atom stereocenters. The minimum absolute atomic E-state index is 0.0344. The zero-order chi connectivity index (χ0) is 17.2. The summed E-state index contributed by atoms with van der Waals surface area (Å²) in [7, 11) is 0. The molecule has 0 aliphatic rings. The predicted octanol–water partition coefficient (Wildman–Crippen LogP) is 1.26. The quantitative estimate of drug-likeness (QED) is 0.701. The highest BCUT2D eigenvalue weighted by molar-refractivity contribution is 14.1. The second kappa shape index (κ2) is 6.52. The molecular formula is C12H9F3IN5O2. The number of nitrogens with two attached hydrogens (primary N) is 1. The minimum atomic E-state index is -4.48. The van der Waals surface area contributed by atoms with E-state index >= 15 is 0 Å². The fourth-order valence-corrected chi connectivity index (χ4v) is 2.37. The number of carbonyl (C=O) groups excluding carboxylic acids is 2. The molecule has 2 amide bonds. The van der Waals surface area contributed by atoms with E-state index in [2.05, 4.69) is 10.3 Å². The number of amides is 2. The minimum Gasteiger partial charge on any atom is -0.364 e. The lowest BCUT2D eigenvalue weighted by Crippen LogP contribution is -2.33. The van der Waals surface area contributed by atoms with Gasteiger partial charge in [0.15, 0.2) is 5.69 Å². The van der Waals surface area contributed by atoms with Gasteiger partial charge in [-0.2, -0.15) is 13.2 Å². The lowest BCUT2D eigenvalue weighted by atomic mass is 10.2. The fourth-order valence-electron chi connectivity index (χ4n) is 1.61. The lowest BCUT2D eigenvalue weighted by molar-refractivity contribution is -0.123. The van der Waals surface area contributed by atoms with Crippen LogP contribution in [-0.4, -0.2) is 39.5 Å². The summed E-state index contributed by atoms with van der Waals surface area (Å²) in [5.41, 5.74) is 5.60. The molecule has 122 valence electrons. The number of aromatic nitrogens is 3. The summed E-state index contributed by atoms with van der Waals surface area (Å²) in [6.07, 6.45) is -3.17. The Morgan fingerprint density at radius 2 is 2.04 bits per heavy atom. The van der Waals surface area contributed by atoms with Crippen LogP contribution in [0.3, 0.4) is 0 Å². The molecule has 0 aliphatic heterocycles. The van der Waals surface area contributed by atoms with Gasteiger partial charge in [-0.3, -0.25) is 9.59 Å². The standard InChI is InChI=1S/C12H9F3IN5O2/c13-12(14,15)5-18-11(23)6-1-2-9(7(16)3-6)21-4-8(10(17)22)19-20-21/h1-4H,5H2,(H2,17,22)(H,18,23). The zero-order valence-electron chi connectivity index (χ0n) is 11.3. The molecule has 0 fully saturated rings. The van der Waals surface area contributed by atoms with E-state index in [9.17, 15) is 22.8 Å². The van der Waals surface area contributed by atoms with Gasteiger partial charge in [0.25, 0.3) is 11.8 Å². The maximum absolute atomic E-state index is 12.1. The zero-order valence-corrected chi connectivity index (χ0v) is 13.4. The smallest absolute Gasteiger partial charge is 0.364 e. The van der Waals surface area contributed by atoms with Crippen LogP contribution in [0.4, 0.5) is 13.2 Å². The monoisotopic (exact) mass is 439 g/mol. The maximum atomic E-state index is 12.1. The van der Waals surface area contributed by atoms with Gasteiger partial charge < -0.3 is 11.1 Å². The van der Waals surface area contributed by atoms with Crippen molar-refractivity contribution in [3.05, 3.63) is 39.2 Å². The molecule has 0 saturated carbocycles. The molecular weight excluding hydrogens is 430 g/mol. The first-order valence-electron chi connectivity index (χ1n) is 6.04. The molecule has 2 rings (SSSR count). The molecule has 11 heteroatoms. The van der Waals surface area contributed by atoms with Crippen LogP contribution in [0.1, 0.15) is 20.8 Å². The summed E-state index contributed by atoms with van der Waals surface area (Å²) >= 11 is 1.89. The van der Waals surface area contributed by atoms with E-state index < -0.39 is 24.5 Å². The first kappa shape index (κ1) is 17.2. The van der Waals surface area contributed by atoms with E-state index in [4.69, 9.17) is 5.73 Å². The molecule has 2 aromatic rings. The Bertz CT molecular complexity index is 759. The van der Waals surface area contributed by atoms with Gasteiger partial charge in [0, 0.05) is 9.13 Å². The van der Waals surface area contributed by atoms with Crippen LogP contribution in [0.15, 0.2) is 24.4 Å². The van der Waals surface area contributed by atoms with Crippen molar-refractivity contribution in [2.75, 3.05) is 6.54 Å². The number of halogens is 4. The summed E-state index contributed by atoms with van der Waals surface area (Å²) < 4.78 is 38.1. The molecule has 0 atom stereocenters. The third-order valence-electron chi connectivity index (χ3n) is 2.65. The number of primary amides is 1. The summed E-state index contributed by atoms with van der Waals surface area (Å²) in [6.45, 7) is -1.41. The van der Waals surface area contributed by atoms with Gasteiger partial charge in [0.2, 0.25) is 0 Å². The van der Waals surface area contributed by atoms with E-state index in [1.165, 1.54) is 29.1 Å². The highest BCUT2D eigenvalue weighted by Gasteiger charge is 2.28. The van der Waals surface area contributed by atoms with Crippen LogP contribution < -0.4 is 11.1 Å². The number of hydrogen-bond acceptors (Lipinski definition) is 4. The Hall–Kier alpha value is -2.18. The molecule has 0 bridgehead atoms. The lowest BCUT2D eigenvalue weighted by Gasteiger charge is -2.10. The van der Waals surface area contributed by atoms with Gasteiger partial charge in [0.05, 0.1) is 11.9 Å². The third-order valence-corrected chi connectivity index (χ3v) is 3.52. The van der Waals surface area contributed by atoms with Crippen molar-refractivity contribution < 1.29 is 22.8 Å². The largest absolute Gasteiger partial charge is 0.405 e. The van der Waals surface area contributed by atoms with E-state index in [1.807, 2.05) is 22.6 Å². The van der Waals surface area contributed by atoms with Crippen LogP contribution in [0.5, 0.6) is 0 Å². The van der Waals surface area contributed by atoms with E-state index in [0.717, 1.165) is 0 Å². The van der Waals surface area contributed by atoms with Gasteiger partial charge in [-0.05, 0) is 40.8 Å². The molecule has 1 heterocycles. The molecule has 3 N–H and O–H groups in total. The first-order chi connectivity index (χ1) is 10.7. The average molecular weight is 439 g/mol. The van der Waals surface area contributed by atoms with Crippen molar-refractivity contribution in [2.24, 2.45) is 5.73 Å². The Morgan fingerprint density at radius 1 is 1.35 bits per heavy atom. The van der Waals surface area contributed by atoms with Crippen LogP contribution in [0.2, 0.25) is 0 Å². The maximum Gasteiger partial charge on any atom is 0.405 e. The molecule has 0 spiro atoms. The van der Waals surface area contributed by atoms with Crippen LogP contribution >= 0.6 is 22.6 Å². The summed E-state index contributed by atoms with van der Waals surface area (Å²) in [5, 5.41) is 9.08. The molecule has 0 aliphatic carbocycles. The molecule has 0 saturated heterocycles. The number of hydrogen-bond donors (Lipinski definition) is 2. The van der Waals surface area contributed by atoms with Crippen LogP contribution in [0.25, 0.3) is 5.69 Å². The average Bonchev–Trinajstić information content (AvgIpc) is 2.93. The number of nitrogens with zero attached hydrogens (tertiary/aromatic N) is 3. The molecule has 7 nitrogen and oxygen atoms in total. The topological polar surface area (TPSA) is 103 Å². The van der Waals surface area contributed by atoms with Crippen molar-refractivity contribution >= 4 is 34.4 Å². The number of carbonyl (C=O) groups is 2. The predicted molar refractivity (Wildman–Crippen MR) is 81.0 cm³/mol. The second-order valence-electron chi connectivity index (χ2n) is 4.38. The molecule has 1 aromatic carbocycles. The Kier molecular flexibility index (Phi) is 4.87. The highest BCUT2D eigenvalue weighted by atomic mass is 127. The number of alkyl halides is 3. The van der Waals surface area contributed by atoms with Crippen molar-refractivity contribution in [1.82, 2.24) is 20.3 Å². The first-order valence-corrected chi connectivity index (χ1v) is 7.12. The SMILES string of the molecule is NC(=O)c1cn(-c2ccc(C(=O)NCC(F)(F)F)cc2I)nn1. The Morgan fingerprint density at radius 3 is 2.57 bits per heavy atom. The molecule has 0 radical (unpaired) electrons. The van der Waals surface area contributed by atoms with Crippen molar-refractivity contribution in [3.8, 4) is 5.69 Å². The van der Waals surface area contributed by atoms with E-state index in [1.54, 1.807) is 5.32 Å². The van der Waals surface area contributed by atoms with E-state index in [0.29, 0.717) is 9.26 Å². The second-order valence-corrected chi connectivity index (χ2v) is 5.54. The van der Waals surface area contributed by atoms with Crippen LogP contribution in [0, 0.1) is 3.57 Å². The van der Waals surface area contributed by atoms with Gasteiger partial charge in [0.1, 0.15) is 6.54 Å². The Balaban J connectivity index is 2.20.